The molecule has 0 spiro atoms. The summed E-state index contributed by atoms with van der Waals surface area (Å²) in [6, 6.07) is 16.4. The Kier molecular flexibility index (Phi) is 18.6. The molecular formula is C46H59ClN4O11. The fourth-order valence-corrected chi connectivity index (χ4v) is 5.58. The second-order valence-electron chi connectivity index (χ2n) is 18.1. The van der Waals surface area contributed by atoms with E-state index in [1.165, 1.54) is 30.3 Å². The highest BCUT2D eigenvalue weighted by Gasteiger charge is 2.24. The van der Waals surface area contributed by atoms with Crippen LogP contribution in [0.5, 0.6) is 5.75 Å². The summed E-state index contributed by atoms with van der Waals surface area (Å²) in [5.74, 6) is -1.20. The van der Waals surface area contributed by atoms with E-state index in [1.54, 1.807) is 64.6 Å². The van der Waals surface area contributed by atoms with E-state index < -0.39 is 40.9 Å². The molecule has 0 atom stereocenters. The fourth-order valence-electron chi connectivity index (χ4n) is 5.32. The quantitative estimate of drug-likeness (QED) is 0.0648. The first kappa shape index (κ1) is 52.1. The number of rotatable bonds is 10. The highest BCUT2D eigenvalue weighted by Crippen LogP contribution is 2.28. The molecule has 0 bridgehead atoms. The van der Waals surface area contributed by atoms with Gasteiger partial charge in [-0.15, -0.1) is 0 Å². The van der Waals surface area contributed by atoms with Crippen molar-refractivity contribution in [2.75, 3.05) is 6.54 Å². The van der Waals surface area contributed by atoms with Crippen LogP contribution in [0.15, 0.2) is 65.7 Å². The summed E-state index contributed by atoms with van der Waals surface area (Å²) in [6.07, 6.45) is -0.910. The molecule has 0 fully saturated rings. The molecule has 15 nitrogen and oxygen atoms in total. The number of guanidine groups is 1. The molecule has 0 aromatic heterocycles. The number of carbonyl (C=O) groups is 5. The molecule has 336 valence electrons. The third-order valence-electron chi connectivity index (χ3n) is 8.03. The minimum atomic E-state index is -0.846. The summed E-state index contributed by atoms with van der Waals surface area (Å²) in [5.41, 5.74) is 0.937. The predicted octanol–water partition coefficient (Wildman–Crippen LogP) is 9.25. The highest BCUT2D eigenvalue weighted by molar-refractivity contribution is 6.31. The number of amides is 3. The van der Waals surface area contributed by atoms with Crippen molar-refractivity contribution in [2.45, 2.75) is 132 Å². The van der Waals surface area contributed by atoms with Crippen molar-refractivity contribution in [1.29, 1.82) is 0 Å². The number of aliphatic imine (C=N–C) groups is 1. The van der Waals surface area contributed by atoms with Crippen LogP contribution in [0, 0.1) is 0 Å². The van der Waals surface area contributed by atoms with E-state index in [2.05, 4.69) is 36.4 Å². The van der Waals surface area contributed by atoms with Gasteiger partial charge in [-0.25, -0.2) is 24.2 Å². The van der Waals surface area contributed by atoms with Crippen LogP contribution in [0.4, 0.5) is 15.3 Å². The molecule has 0 saturated carbocycles. The molecule has 16 heteroatoms. The molecule has 0 aliphatic carbocycles. The number of hydrogen-bond acceptors (Lipinski definition) is 12. The van der Waals surface area contributed by atoms with E-state index in [0.717, 1.165) is 11.1 Å². The Bertz CT molecular complexity index is 2100. The van der Waals surface area contributed by atoms with Crippen molar-refractivity contribution in [3.8, 4) is 5.75 Å². The maximum atomic E-state index is 13.5. The lowest BCUT2D eigenvalue weighted by Crippen LogP contribution is -2.47. The number of nitrogens with zero attached hydrogens (tertiary/aromatic N) is 2. The minimum Gasteiger partial charge on any atom is -0.456 e. The summed E-state index contributed by atoms with van der Waals surface area (Å²) in [5, 5.41) is 5.14. The van der Waals surface area contributed by atoms with Crippen LogP contribution >= 0.6 is 11.6 Å². The highest BCUT2D eigenvalue weighted by atomic mass is 35.5. The molecule has 3 amide bonds. The van der Waals surface area contributed by atoms with Gasteiger partial charge in [0.2, 0.25) is 11.9 Å². The molecule has 3 aromatic carbocycles. The molecule has 0 radical (unpaired) electrons. The molecule has 0 aliphatic heterocycles. The van der Waals surface area contributed by atoms with E-state index in [9.17, 15) is 24.0 Å². The zero-order chi connectivity index (χ0) is 47.2. The Morgan fingerprint density at radius 1 is 0.694 bits per heavy atom. The number of hydrogen-bond donors (Lipinski definition) is 2. The molecule has 2 N–H and O–H groups in total. The summed E-state index contributed by atoms with van der Waals surface area (Å²) < 4.78 is 21.8. The van der Waals surface area contributed by atoms with E-state index in [0.29, 0.717) is 35.7 Å². The van der Waals surface area contributed by atoms with Gasteiger partial charge in [-0.3, -0.25) is 15.4 Å². The normalized spacial score (nSPS) is 11.4. The van der Waals surface area contributed by atoms with Crippen molar-refractivity contribution in [1.82, 2.24) is 15.5 Å². The van der Waals surface area contributed by atoms with Gasteiger partial charge in [0.1, 0.15) is 22.6 Å². The Morgan fingerprint density at radius 2 is 1.23 bits per heavy atom. The standard InChI is InChI=1S/C45H59ClN4O9.CO2/c1-14-50(27-28-23-31(38(53)57-43(5,6)7)25-32(24-28)42(2,3)4)36(51)22-18-29-17-21-34(26-35(29)46)56-37(52)30-15-19-33(20-16-30)47-39(48-40(54)58-44(8,9)10)49-41(55)59-45(11,12)13;2-1-3/h15-17,19-21,23-26H,14,18,22,27H2,1-13H3,(H2,47,48,49,54,55);. The van der Waals surface area contributed by atoms with E-state index in [-0.39, 0.29) is 46.9 Å². The van der Waals surface area contributed by atoms with Crippen LogP contribution in [0.1, 0.15) is 134 Å². The van der Waals surface area contributed by atoms with Crippen LogP contribution < -0.4 is 15.4 Å². The zero-order valence-electron chi connectivity index (χ0n) is 37.9. The predicted molar refractivity (Wildman–Crippen MR) is 233 cm³/mol. The molecule has 0 heterocycles. The third-order valence-corrected chi connectivity index (χ3v) is 8.38. The van der Waals surface area contributed by atoms with E-state index in [4.69, 9.17) is 40.1 Å². The second-order valence-corrected chi connectivity index (χ2v) is 18.5. The monoisotopic (exact) mass is 878 g/mol. The average molecular weight is 879 g/mol. The molecule has 0 saturated heterocycles. The van der Waals surface area contributed by atoms with Gasteiger partial charge in [-0.1, -0.05) is 44.5 Å². The third kappa shape index (κ3) is 19.1. The number of alkyl carbamates (subject to hydrolysis) is 2. The topological polar surface area (TPSA) is 196 Å². The number of ether oxygens (including phenoxy) is 4. The first-order chi connectivity index (χ1) is 28.5. The summed E-state index contributed by atoms with van der Waals surface area (Å²) in [4.78, 5) is 86.7. The van der Waals surface area contributed by atoms with Gasteiger partial charge in [-0.05, 0) is 146 Å². The van der Waals surface area contributed by atoms with Crippen LogP contribution in [-0.4, -0.2) is 70.4 Å². The van der Waals surface area contributed by atoms with Crippen LogP contribution in [0.25, 0.3) is 0 Å². The Balaban J connectivity index is 0.00000428. The largest absolute Gasteiger partial charge is 0.456 e. The van der Waals surface area contributed by atoms with Gasteiger partial charge < -0.3 is 23.8 Å². The summed E-state index contributed by atoms with van der Waals surface area (Å²) in [6.45, 7) is 24.5. The lowest BCUT2D eigenvalue weighted by molar-refractivity contribution is -0.191. The Hall–Kier alpha value is -6.05. The summed E-state index contributed by atoms with van der Waals surface area (Å²) in [7, 11) is 0. The maximum Gasteiger partial charge on any atom is 0.414 e. The van der Waals surface area contributed by atoms with Gasteiger partial charge >= 0.3 is 30.3 Å². The van der Waals surface area contributed by atoms with Crippen LogP contribution in [0.2, 0.25) is 5.02 Å². The zero-order valence-corrected chi connectivity index (χ0v) is 38.6. The molecular weight excluding hydrogens is 820 g/mol. The van der Waals surface area contributed by atoms with Crippen molar-refractivity contribution in [3.63, 3.8) is 0 Å². The van der Waals surface area contributed by atoms with Gasteiger partial charge in [-0.2, -0.15) is 9.59 Å². The molecule has 3 aromatic rings. The van der Waals surface area contributed by atoms with Crippen molar-refractivity contribution in [3.05, 3.63) is 93.5 Å². The average Bonchev–Trinajstić information content (AvgIpc) is 3.11. The number of aryl methyl sites for hydroxylation is 1. The lowest BCUT2D eigenvalue weighted by atomic mass is 9.85. The first-order valence-corrected chi connectivity index (χ1v) is 20.2. The number of halogens is 1. The summed E-state index contributed by atoms with van der Waals surface area (Å²) >= 11 is 6.60. The smallest absolute Gasteiger partial charge is 0.414 e. The van der Waals surface area contributed by atoms with Gasteiger partial charge in [0.25, 0.3) is 0 Å². The van der Waals surface area contributed by atoms with Gasteiger partial charge in [0.15, 0.2) is 0 Å². The molecule has 0 aliphatic rings. The van der Waals surface area contributed by atoms with Crippen molar-refractivity contribution >= 4 is 59.4 Å². The second kappa shape index (κ2) is 22.2. The van der Waals surface area contributed by atoms with Gasteiger partial charge in [0, 0.05) is 24.5 Å². The molecule has 62 heavy (non-hydrogen) atoms. The SMILES string of the molecule is CCN(Cc1cc(C(=O)OC(C)(C)C)cc(C(C)(C)C)c1)C(=O)CCc1ccc(OC(=O)c2ccc(N=C(NC(=O)OC(C)(C)C)NC(=O)OC(C)(C)C)cc2)cc1Cl.O=C=O. The molecule has 0 unspecified atom stereocenters. The van der Waals surface area contributed by atoms with Crippen molar-refractivity contribution in [2.24, 2.45) is 4.99 Å². The number of benzene rings is 3. The fraction of sp³-hybridized carbons (Fsp3) is 0.457. The number of esters is 2. The van der Waals surface area contributed by atoms with Crippen LogP contribution in [0.3, 0.4) is 0 Å². The first-order valence-electron chi connectivity index (χ1n) is 19.9. The minimum absolute atomic E-state index is 0.0832. The van der Waals surface area contributed by atoms with Crippen LogP contribution in [-0.2, 0) is 47.0 Å². The molecule has 3 rings (SSSR count). The maximum absolute atomic E-state index is 13.5. The van der Waals surface area contributed by atoms with Gasteiger partial charge in [0.05, 0.1) is 16.8 Å². The van der Waals surface area contributed by atoms with Crippen molar-refractivity contribution < 1.29 is 52.5 Å². The van der Waals surface area contributed by atoms with E-state index >= 15 is 0 Å². The number of nitrogens with one attached hydrogen (secondary N) is 2. The Morgan fingerprint density at radius 3 is 1.69 bits per heavy atom. The number of carbonyl (C=O) groups excluding carboxylic acids is 7. The lowest BCUT2D eigenvalue weighted by Gasteiger charge is -2.25. The van der Waals surface area contributed by atoms with E-state index in [1.807, 2.05) is 39.8 Å². The Labute approximate surface area is 368 Å².